The number of ether oxygens (including phenoxy) is 1. The Kier molecular flexibility index (Phi) is 8.53. The van der Waals surface area contributed by atoms with E-state index in [0.717, 1.165) is 54.4 Å². The van der Waals surface area contributed by atoms with Crippen molar-refractivity contribution in [3.05, 3.63) is 86.6 Å². The number of carbonyl (C=O) groups excluding carboxylic acids is 1. The fraction of sp³-hybridized carbons (Fsp3) is 0.414. The van der Waals surface area contributed by atoms with Crippen molar-refractivity contribution in [2.75, 3.05) is 26.7 Å². The van der Waals surface area contributed by atoms with Crippen LogP contribution < -0.4 is 4.74 Å². The Balaban J connectivity index is 1.49. The summed E-state index contributed by atoms with van der Waals surface area (Å²) in [5.74, 6) is 0.973. The van der Waals surface area contributed by atoms with Crippen molar-refractivity contribution in [3.63, 3.8) is 0 Å². The van der Waals surface area contributed by atoms with E-state index < -0.39 is 0 Å². The predicted octanol–water partition coefficient (Wildman–Crippen LogP) is 6.73. The molecule has 0 aliphatic carbocycles. The molecule has 1 unspecified atom stereocenters. The minimum absolute atomic E-state index is 0.165. The second-order valence-electron chi connectivity index (χ2n) is 9.94. The standard InChI is InChI=1S/C29H35ClN2O2S/c1-22-16-25(11-13-27(22)30)34-21-29(17-28(33)31(3)18-24-8-5-4-6-9-24)14-7-15-32(20-29)19-26-12-10-23(2)35-26/h4-6,8-13,16H,7,14-15,17-21H2,1-3H3. The summed E-state index contributed by atoms with van der Waals surface area (Å²) in [6.07, 6.45) is 2.51. The van der Waals surface area contributed by atoms with Gasteiger partial charge in [0.15, 0.2) is 0 Å². The normalized spacial score (nSPS) is 18.4. The summed E-state index contributed by atoms with van der Waals surface area (Å²) in [6, 6.07) is 20.4. The lowest BCUT2D eigenvalue weighted by molar-refractivity contribution is -0.135. The van der Waals surface area contributed by atoms with Gasteiger partial charge in [0.2, 0.25) is 5.91 Å². The SMILES string of the molecule is Cc1ccc(CN2CCCC(COc3ccc(Cl)c(C)c3)(CC(=O)N(C)Cc3ccccc3)C2)s1. The first kappa shape index (κ1) is 25.7. The summed E-state index contributed by atoms with van der Waals surface area (Å²) in [5, 5.41) is 0.736. The number of piperidine rings is 1. The molecular weight excluding hydrogens is 476 g/mol. The monoisotopic (exact) mass is 510 g/mol. The summed E-state index contributed by atoms with van der Waals surface area (Å²) >= 11 is 8.07. The fourth-order valence-corrected chi connectivity index (χ4v) is 5.94. The third-order valence-corrected chi connectivity index (χ3v) is 8.21. The molecule has 1 fully saturated rings. The third-order valence-electron chi connectivity index (χ3n) is 6.80. The fourth-order valence-electron chi connectivity index (χ4n) is 4.89. The van der Waals surface area contributed by atoms with Crippen molar-refractivity contribution in [2.24, 2.45) is 5.41 Å². The number of benzene rings is 2. The van der Waals surface area contributed by atoms with Gasteiger partial charge in [-0.1, -0.05) is 41.9 Å². The lowest BCUT2D eigenvalue weighted by Gasteiger charge is -2.43. The van der Waals surface area contributed by atoms with Crippen molar-refractivity contribution in [2.45, 2.75) is 46.2 Å². The van der Waals surface area contributed by atoms with Crippen molar-refractivity contribution < 1.29 is 9.53 Å². The number of thiophene rings is 1. The van der Waals surface area contributed by atoms with Crippen LogP contribution in [0.25, 0.3) is 0 Å². The molecule has 4 rings (SSSR count). The van der Waals surface area contributed by atoms with E-state index in [4.69, 9.17) is 16.3 Å². The first-order valence-electron chi connectivity index (χ1n) is 12.3. The molecule has 0 radical (unpaired) electrons. The lowest BCUT2D eigenvalue weighted by Crippen LogP contribution is -2.48. The summed E-state index contributed by atoms with van der Waals surface area (Å²) in [4.78, 5) is 20.5. The number of carbonyl (C=O) groups is 1. The van der Waals surface area contributed by atoms with Crippen molar-refractivity contribution in [1.82, 2.24) is 9.80 Å². The largest absolute Gasteiger partial charge is 0.493 e. The Hall–Kier alpha value is -2.34. The smallest absolute Gasteiger partial charge is 0.223 e. The highest BCUT2D eigenvalue weighted by atomic mass is 35.5. The molecule has 0 N–H and O–H groups in total. The molecule has 1 saturated heterocycles. The van der Waals surface area contributed by atoms with Crippen LogP contribution in [0.5, 0.6) is 5.75 Å². The molecule has 1 atom stereocenters. The number of amides is 1. The van der Waals surface area contributed by atoms with E-state index in [9.17, 15) is 4.79 Å². The van der Waals surface area contributed by atoms with E-state index in [-0.39, 0.29) is 11.3 Å². The van der Waals surface area contributed by atoms with E-state index in [1.807, 2.05) is 66.6 Å². The van der Waals surface area contributed by atoms with E-state index in [2.05, 4.69) is 36.1 Å². The molecule has 0 bridgehead atoms. The van der Waals surface area contributed by atoms with E-state index >= 15 is 0 Å². The molecule has 2 aromatic carbocycles. The van der Waals surface area contributed by atoms with Gasteiger partial charge in [-0.15, -0.1) is 11.3 Å². The molecule has 1 aliphatic heterocycles. The number of aryl methyl sites for hydroxylation is 2. The van der Waals surface area contributed by atoms with E-state index in [1.54, 1.807) is 0 Å². The molecule has 4 nitrogen and oxygen atoms in total. The molecular formula is C29H35ClN2O2S. The summed E-state index contributed by atoms with van der Waals surface area (Å²) in [5.41, 5.74) is 1.90. The minimum atomic E-state index is -0.236. The van der Waals surface area contributed by atoms with Crippen LogP contribution in [0.4, 0.5) is 0 Å². The molecule has 0 spiro atoms. The van der Waals surface area contributed by atoms with Gasteiger partial charge in [0.05, 0.1) is 6.61 Å². The summed E-state index contributed by atoms with van der Waals surface area (Å²) < 4.78 is 6.33. The minimum Gasteiger partial charge on any atom is -0.493 e. The lowest BCUT2D eigenvalue weighted by atomic mass is 9.77. The molecule has 35 heavy (non-hydrogen) atoms. The number of hydrogen-bond donors (Lipinski definition) is 0. The van der Waals surface area contributed by atoms with Gasteiger partial charge in [-0.25, -0.2) is 0 Å². The Morgan fingerprint density at radius 1 is 1.14 bits per heavy atom. The number of nitrogens with zero attached hydrogens (tertiary/aromatic N) is 2. The van der Waals surface area contributed by atoms with Crippen LogP contribution in [0.3, 0.4) is 0 Å². The maximum atomic E-state index is 13.4. The van der Waals surface area contributed by atoms with Crippen molar-refractivity contribution in [3.8, 4) is 5.75 Å². The van der Waals surface area contributed by atoms with E-state index in [0.29, 0.717) is 19.6 Å². The highest BCUT2D eigenvalue weighted by molar-refractivity contribution is 7.11. The maximum absolute atomic E-state index is 13.4. The Bertz CT molecular complexity index is 1130. The topological polar surface area (TPSA) is 32.8 Å². The molecule has 1 amide bonds. The van der Waals surface area contributed by atoms with Crippen LogP contribution in [-0.2, 0) is 17.9 Å². The third kappa shape index (κ3) is 7.09. The first-order valence-corrected chi connectivity index (χ1v) is 13.5. The number of likely N-dealkylation sites (tertiary alicyclic amines) is 1. The summed E-state index contributed by atoms with van der Waals surface area (Å²) in [6.45, 7) is 8.09. The van der Waals surface area contributed by atoms with Crippen LogP contribution >= 0.6 is 22.9 Å². The molecule has 0 saturated carbocycles. The van der Waals surface area contributed by atoms with Gasteiger partial charge in [0.25, 0.3) is 0 Å². The molecule has 2 heterocycles. The number of halogens is 1. The van der Waals surface area contributed by atoms with Gasteiger partial charge < -0.3 is 9.64 Å². The van der Waals surface area contributed by atoms with Crippen LogP contribution in [-0.4, -0.2) is 42.5 Å². The van der Waals surface area contributed by atoms with Crippen LogP contribution in [0, 0.1) is 19.3 Å². The molecule has 3 aromatic rings. The van der Waals surface area contributed by atoms with Gasteiger partial charge in [-0.05, 0) is 74.7 Å². The number of rotatable bonds is 9. The average molecular weight is 511 g/mol. The molecule has 1 aliphatic rings. The zero-order valence-electron chi connectivity index (χ0n) is 20.9. The van der Waals surface area contributed by atoms with Crippen molar-refractivity contribution in [1.29, 1.82) is 0 Å². The van der Waals surface area contributed by atoms with Gasteiger partial charge >= 0.3 is 0 Å². The number of hydrogen-bond acceptors (Lipinski definition) is 4. The molecule has 186 valence electrons. The highest BCUT2D eigenvalue weighted by Crippen LogP contribution is 2.36. The Morgan fingerprint density at radius 3 is 2.66 bits per heavy atom. The Morgan fingerprint density at radius 2 is 1.94 bits per heavy atom. The van der Waals surface area contributed by atoms with Gasteiger partial charge in [0.1, 0.15) is 5.75 Å². The second-order valence-corrected chi connectivity index (χ2v) is 11.7. The maximum Gasteiger partial charge on any atom is 0.223 e. The van der Waals surface area contributed by atoms with Crippen LogP contribution in [0.15, 0.2) is 60.7 Å². The summed E-state index contributed by atoms with van der Waals surface area (Å²) in [7, 11) is 1.90. The molecule has 6 heteroatoms. The zero-order chi connectivity index (χ0) is 24.8. The van der Waals surface area contributed by atoms with Crippen LogP contribution in [0.1, 0.15) is 40.1 Å². The second kappa shape index (κ2) is 11.6. The molecule has 1 aromatic heterocycles. The predicted molar refractivity (Wildman–Crippen MR) is 145 cm³/mol. The van der Waals surface area contributed by atoms with Gasteiger partial charge in [0, 0.05) is 53.3 Å². The zero-order valence-corrected chi connectivity index (χ0v) is 22.5. The first-order chi connectivity index (χ1) is 16.8. The quantitative estimate of drug-likeness (QED) is 0.320. The van der Waals surface area contributed by atoms with Gasteiger partial charge in [-0.3, -0.25) is 9.69 Å². The highest BCUT2D eigenvalue weighted by Gasteiger charge is 2.39. The average Bonchev–Trinajstić information content (AvgIpc) is 3.25. The van der Waals surface area contributed by atoms with Crippen molar-refractivity contribution >= 4 is 28.8 Å². The Labute approximate surface area is 218 Å². The van der Waals surface area contributed by atoms with Crippen LogP contribution in [0.2, 0.25) is 5.02 Å². The van der Waals surface area contributed by atoms with E-state index in [1.165, 1.54) is 9.75 Å². The van der Waals surface area contributed by atoms with Gasteiger partial charge in [-0.2, -0.15) is 0 Å².